The van der Waals surface area contributed by atoms with E-state index in [4.69, 9.17) is 24.8 Å². The van der Waals surface area contributed by atoms with Gasteiger partial charge in [-0.2, -0.15) is 0 Å². The summed E-state index contributed by atoms with van der Waals surface area (Å²) in [4.78, 5) is 22.9. The molecule has 1 aromatic carbocycles. The predicted molar refractivity (Wildman–Crippen MR) is 94.2 cm³/mol. The molecule has 3 N–H and O–H groups in total. The smallest absolute Gasteiger partial charge is 0.414 e. The molecule has 0 fully saturated rings. The van der Waals surface area contributed by atoms with E-state index in [0.29, 0.717) is 0 Å². The first-order valence-electron chi connectivity index (χ1n) is 7.49. The second kappa shape index (κ2) is 8.83. The Hall–Kier alpha value is -2.67. The van der Waals surface area contributed by atoms with Gasteiger partial charge in [-0.15, -0.1) is 0 Å². The van der Waals surface area contributed by atoms with E-state index in [-0.39, 0.29) is 0 Å². The van der Waals surface area contributed by atoms with Gasteiger partial charge >= 0.3 is 11.9 Å². The highest BCUT2D eigenvalue weighted by Crippen LogP contribution is 2.29. The minimum atomic E-state index is -1.82. The van der Waals surface area contributed by atoms with Crippen molar-refractivity contribution in [3.05, 3.63) is 46.6 Å². The summed E-state index contributed by atoms with van der Waals surface area (Å²) < 4.78 is 0. The number of benzene rings is 1. The lowest BCUT2D eigenvalue weighted by atomic mass is 10.2. The Labute approximate surface area is 143 Å². The molecule has 0 unspecified atom stereocenters. The predicted octanol–water partition coefficient (Wildman–Crippen LogP) is 3.22. The fraction of sp³-hybridized carbons (Fsp3) is 0.235. The van der Waals surface area contributed by atoms with Gasteiger partial charge in [0.15, 0.2) is 0 Å². The van der Waals surface area contributed by atoms with Crippen LogP contribution in [0.1, 0.15) is 29.1 Å². The highest BCUT2D eigenvalue weighted by molar-refractivity contribution is 7.16. The van der Waals surface area contributed by atoms with Crippen LogP contribution < -0.4 is 5.32 Å². The quantitative estimate of drug-likeness (QED) is 0.722. The van der Waals surface area contributed by atoms with Gasteiger partial charge in [-0.1, -0.05) is 47.7 Å². The number of nitrogens with one attached hydrogen (secondary N) is 1. The molecule has 0 saturated carbocycles. The molecule has 1 aliphatic heterocycles. The molecule has 3 rings (SSSR count). The molecule has 2 heterocycles. The number of rotatable bonds is 2. The molecule has 1 aromatic heterocycles. The fourth-order valence-corrected chi connectivity index (χ4v) is 3.04. The molecule has 0 atom stereocenters. The SMILES string of the molecule is C(=C\c1nc2c(s1)NCCCC2)/c1ccccc1.O=C(O)C(=O)O. The van der Waals surface area contributed by atoms with Crippen molar-refractivity contribution in [2.24, 2.45) is 0 Å². The van der Waals surface area contributed by atoms with Gasteiger partial charge in [0, 0.05) is 6.54 Å². The maximum absolute atomic E-state index is 9.10. The topological polar surface area (TPSA) is 99.5 Å². The van der Waals surface area contributed by atoms with E-state index in [1.54, 1.807) is 11.3 Å². The molecule has 7 heteroatoms. The van der Waals surface area contributed by atoms with Crippen LogP contribution in [-0.4, -0.2) is 33.7 Å². The van der Waals surface area contributed by atoms with Crippen LogP contribution >= 0.6 is 11.3 Å². The standard InChI is InChI=1S/C15H16N2S.C2H2O4/c1-2-6-12(7-3-1)9-10-14-17-13-8-4-5-11-16-15(13)18-14;3-1(4)2(5)6/h1-3,6-7,9-10,16H,4-5,8,11H2;(H,3,4)(H,5,6)/b10-9+;. The van der Waals surface area contributed by atoms with Gasteiger partial charge in [0.1, 0.15) is 10.0 Å². The number of carboxylic acids is 2. The number of fused-ring (bicyclic) bond motifs is 1. The Kier molecular flexibility index (Phi) is 6.51. The Morgan fingerprint density at radius 2 is 1.79 bits per heavy atom. The average Bonchev–Trinajstić information content (AvgIpc) is 2.84. The molecule has 126 valence electrons. The Balaban J connectivity index is 0.000000301. The first kappa shape index (κ1) is 17.7. The van der Waals surface area contributed by atoms with E-state index in [1.165, 1.54) is 29.1 Å². The van der Waals surface area contributed by atoms with E-state index in [1.807, 2.05) is 6.07 Å². The number of nitrogens with zero attached hydrogens (tertiary/aromatic N) is 1. The lowest BCUT2D eigenvalue weighted by Crippen LogP contribution is -2.09. The van der Waals surface area contributed by atoms with Crippen molar-refractivity contribution in [1.82, 2.24) is 4.98 Å². The van der Waals surface area contributed by atoms with Crippen LogP contribution in [0.2, 0.25) is 0 Å². The summed E-state index contributed by atoms with van der Waals surface area (Å²) in [5, 5.41) is 20.6. The van der Waals surface area contributed by atoms with Crippen molar-refractivity contribution < 1.29 is 19.8 Å². The van der Waals surface area contributed by atoms with E-state index in [9.17, 15) is 0 Å². The summed E-state index contributed by atoms with van der Waals surface area (Å²) in [6.07, 6.45) is 7.83. The normalized spacial score (nSPS) is 13.2. The van der Waals surface area contributed by atoms with Crippen molar-refractivity contribution in [3.63, 3.8) is 0 Å². The van der Waals surface area contributed by atoms with Crippen LogP contribution in [0.3, 0.4) is 0 Å². The third kappa shape index (κ3) is 5.51. The second-order valence-corrected chi connectivity index (χ2v) is 6.10. The molecule has 6 nitrogen and oxygen atoms in total. The Morgan fingerprint density at radius 1 is 1.08 bits per heavy atom. The van der Waals surface area contributed by atoms with E-state index >= 15 is 0 Å². The summed E-state index contributed by atoms with van der Waals surface area (Å²) in [7, 11) is 0. The van der Waals surface area contributed by atoms with E-state index in [0.717, 1.165) is 18.0 Å². The average molecular weight is 346 g/mol. The molecule has 1 aliphatic rings. The molecule has 24 heavy (non-hydrogen) atoms. The Bertz CT molecular complexity index is 690. The zero-order valence-electron chi connectivity index (χ0n) is 12.9. The Morgan fingerprint density at radius 3 is 2.46 bits per heavy atom. The molecule has 2 aromatic rings. The summed E-state index contributed by atoms with van der Waals surface area (Å²) >= 11 is 1.76. The van der Waals surface area contributed by atoms with Gasteiger partial charge in [0.2, 0.25) is 0 Å². The summed E-state index contributed by atoms with van der Waals surface area (Å²) in [6.45, 7) is 1.08. The van der Waals surface area contributed by atoms with E-state index < -0.39 is 11.9 Å². The third-order valence-electron chi connectivity index (χ3n) is 3.24. The van der Waals surface area contributed by atoms with Gasteiger partial charge < -0.3 is 15.5 Å². The molecular formula is C17H18N2O4S. The van der Waals surface area contributed by atoms with Gasteiger partial charge in [-0.25, -0.2) is 14.6 Å². The number of aryl methyl sites for hydroxylation is 1. The lowest BCUT2D eigenvalue weighted by Gasteiger charge is -1.96. The monoisotopic (exact) mass is 346 g/mol. The van der Waals surface area contributed by atoms with Crippen molar-refractivity contribution >= 4 is 40.4 Å². The van der Waals surface area contributed by atoms with Gasteiger partial charge in [0.05, 0.1) is 5.69 Å². The molecule has 0 bridgehead atoms. The third-order valence-corrected chi connectivity index (χ3v) is 4.26. The summed E-state index contributed by atoms with van der Waals surface area (Å²) in [6, 6.07) is 10.4. The maximum Gasteiger partial charge on any atom is 0.414 e. The van der Waals surface area contributed by atoms with E-state index in [2.05, 4.69) is 41.7 Å². The number of anilines is 1. The fourth-order valence-electron chi connectivity index (χ4n) is 2.10. The number of hydrogen-bond donors (Lipinski definition) is 3. The van der Waals surface area contributed by atoms with Crippen LogP contribution in [-0.2, 0) is 16.0 Å². The minimum absolute atomic E-state index is 1.08. The number of hydrogen-bond acceptors (Lipinski definition) is 5. The highest BCUT2D eigenvalue weighted by Gasteiger charge is 2.11. The zero-order chi connectivity index (χ0) is 17.4. The maximum atomic E-state index is 9.10. The molecule has 0 aliphatic carbocycles. The van der Waals surface area contributed by atoms with Crippen LogP contribution in [0.15, 0.2) is 30.3 Å². The first-order chi connectivity index (χ1) is 11.6. The van der Waals surface area contributed by atoms with Crippen molar-refractivity contribution in [2.45, 2.75) is 19.3 Å². The molecule has 0 saturated heterocycles. The lowest BCUT2D eigenvalue weighted by molar-refractivity contribution is -0.159. The van der Waals surface area contributed by atoms with Crippen LogP contribution in [0.4, 0.5) is 5.00 Å². The number of aliphatic carboxylic acids is 2. The first-order valence-corrected chi connectivity index (χ1v) is 8.31. The number of carbonyl (C=O) groups is 2. The molecule has 0 spiro atoms. The second-order valence-electron chi connectivity index (χ2n) is 5.07. The molecule has 0 amide bonds. The number of carboxylic acid groups (broad SMARTS) is 2. The highest BCUT2D eigenvalue weighted by atomic mass is 32.1. The van der Waals surface area contributed by atoms with Crippen molar-refractivity contribution in [1.29, 1.82) is 0 Å². The van der Waals surface area contributed by atoms with Gasteiger partial charge in [0.25, 0.3) is 0 Å². The molecular weight excluding hydrogens is 328 g/mol. The van der Waals surface area contributed by atoms with Crippen LogP contribution in [0.5, 0.6) is 0 Å². The van der Waals surface area contributed by atoms with Crippen molar-refractivity contribution in [3.8, 4) is 0 Å². The summed E-state index contributed by atoms with van der Waals surface area (Å²) in [5.41, 5.74) is 2.46. The van der Waals surface area contributed by atoms with Crippen LogP contribution in [0.25, 0.3) is 12.2 Å². The largest absolute Gasteiger partial charge is 0.473 e. The molecule has 0 radical (unpaired) electrons. The minimum Gasteiger partial charge on any atom is -0.473 e. The summed E-state index contributed by atoms with van der Waals surface area (Å²) in [5.74, 6) is -3.65. The van der Waals surface area contributed by atoms with Gasteiger partial charge in [-0.05, 0) is 30.9 Å². The number of thiazole rings is 1. The zero-order valence-corrected chi connectivity index (χ0v) is 13.8. The van der Waals surface area contributed by atoms with Crippen molar-refractivity contribution in [2.75, 3.05) is 11.9 Å². The van der Waals surface area contributed by atoms with Crippen LogP contribution in [0, 0.1) is 0 Å². The number of aromatic nitrogens is 1. The van der Waals surface area contributed by atoms with Gasteiger partial charge in [-0.3, -0.25) is 0 Å².